The Bertz CT molecular complexity index is 187. The fourth-order valence-corrected chi connectivity index (χ4v) is 2.00. The smallest absolute Gasteiger partial charge is 0.305 e. The predicted octanol–water partition coefficient (Wildman–Crippen LogP) is 0.766. The highest BCUT2D eigenvalue weighted by molar-refractivity contribution is 5.68. The second-order valence-electron chi connectivity index (χ2n) is 3.53. The van der Waals surface area contributed by atoms with E-state index < -0.39 is 5.97 Å². The first-order chi connectivity index (χ1) is 6.24. The topological polar surface area (TPSA) is 66.4 Å². The third-order valence-corrected chi connectivity index (χ3v) is 2.65. The van der Waals surface area contributed by atoms with E-state index in [0.29, 0.717) is 12.3 Å². The van der Waals surface area contributed by atoms with Gasteiger partial charge in [0.2, 0.25) is 6.41 Å². The Morgan fingerprint density at radius 2 is 2.15 bits per heavy atom. The lowest BCUT2D eigenvalue weighted by atomic mass is 9.96. The van der Waals surface area contributed by atoms with E-state index in [1.165, 1.54) is 0 Å². The molecule has 1 aliphatic carbocycles. The van der Waals surface area contributed by atoms with Crippen molar-refractivity contribution in [2.24, 2.45) is 5.92 Å². The first kappa shape index (κ1) is 10.0. The van der Waals surface area contributed by atoms with Gasteiger partial charge >= 0.3 is 5.97 Å². The second kappa shape index (κ2) is 4.84. The molecule has 1 atom stereocenters. The molecule has 0 aliphatic heterocycles. The lowest BCUT2D eigenvalue weighted by Gasteiger charge is -2.20. The van der Waals surface area contributed by atoms with Gasteiger partial charge in [-0.15, -0.1) is 0 Å². The molecule has 2 N–H and O–H groups in total. The van der Waals surface area contributed by atoms with Gasteiger partial charge in [0, 0.05) is 6.04 Å². The van der Waals surface area contributed by atoms with Gasteiger partial charge in [0.05, 0.1) is 6.42 Å². The fraction of sp³-hybridized carbons (Fsp3) is 0.778. The zero-order chi connectivity index (χ0) is 9.68. The van der Waals surface area contributed by atoms with Gasteiger partial charge in [-0.2, -0.15) is 0 Å². The van der Waals surface area contributed by atoms with E-state index in [0.717, 1.165) is 25.7 Å². The molecule has 4 heteroatoms. The van der Waals surface area contributed by atoms with Crippen LogP contribution in [0.5, 0.6) is 0 Å². The van der Waals surface area contributed by atoms with Gasteiger partial charge in [-0.25, -0.2) is 0 Å². The quantitative estimate of drug-likeness (QED) is 0.621. The number of carboxylic acids is 1. The second-order valence-corrected chi connectivity index (χ2v) is 3.53. The number of carbonyl (C=O) groups excluding carboxylic acids is 1. The summed E-state index contributed by atoms with van der Waals surface area (Å²) in [5.41, 5.74) is 0. The molecule has 1 amide bonds. The van der Waals surface area contributed by atoms with E-state index >= 15 is 0 Å². The maximum Gasteiger partial charge on any atom is 0.305 e. The Hall–Kier alpha value is -1.06. The molecule has 1 rings (SSSR count). The number of aliphatic carboxylic acids is 1. The maximum absolute atomic E-state index is 10.5. The van der Waals surface area contributed by atoms with Crippen LogP contribution >= 0.6 is 0 Å². The molecule has 0 saturated heterocycles. The minimum atomic E-state index is -0.841. The maximum atomic E-state index is 10.5. The van der Waals surface area contributed by atoms with Crippen LogP contribution in [0.3, 0.4) is 0 Å². The summed E-state index contributed by atoms with van der Waals surface area (Å²) in [5, 5.41) is 11.2. The van der Waals surface area contributed by atoms with Crippen LogP contribution in [-0.2, 0) is 9.59 Å². The van der Waals surface area contributed by atoms with Crippen molar-refractivity contribution in [1.29, 1.82) is 0 Å². The molecule has 4 nitrogen and oxygen atoms in total. The van der Waals surface area contributed by atoms with Crippen LogP contribution in [-0.4, -0.2) is 23.5 Å². The van der Waals surface area contributed by atoms with Crippen molar-refractivity contribution in [3.63, 3.8) is 0 Å². The molecule has 0 spiro atoms. The number of rotatable bonds is 5. The van der Waals surface area contributed by atoms with Crippen LogP contribution in [0.4, 0.5) is 0 Å². The van der Waals surface area contributed by atoms with Gasteiger partial charge in [0.15, 0.2) is 0 Å². The Labute approximate surface area is 77.3 Å². The summed E-state index contributed by atoms with van der Waals surface area (Å²) in [7, 11) is 0. The number of hydrogen-bond donors (Lipinski definition) is 2. The van der Waals surface area contributed by atoms with Gasteiger partial charge in [0.1, 0.15) is 0 Å². The Morgan fingerprint density at radius 3 is 2.62 bits per heavy atom. The average molecular weight is 185 g/mol. The van der Waals surface area contributed by atoms with Crippen molar-refractivity contribution < 1.29 is 14.7 Å². The van der Waals surface area contributed by atoms with Crippen LogP contribution in [0.1, 0.15) is 32.1 Å². The first-order valence-electron chi connectivity index (χ1n) is 4.65. The van der Waals surface area contributed by atoms with E-state index in [9.17, 15) is 9.59 Å². The molecule has 1 unspecified atom stereocenters. The van der Waals surface area contributed by atoms with E-state index in [4.69, 9.17) is 5.11 Å². The fourth-order valence-electron chi connectivity index (χ4n) is 2.00. The van der Waals surface area contributed by atoms with Crippen molar-refractivity contribution in [2.75, 3.05) is 0 Å². The molecule has 74 valence electrons. The highest BCUT2D eigenvalue weighted by atomic mass is 16.4. The van der Waals surface area contributed by atoms with E-state index in [1.54, 1.807) is 0 Å². The number of amides is 1. The number of hydrogen-bond acceptors (Lipinski definition) is 2. The van der Waals surface area contributed by atoms with Crippen molar-refractivity contribution in [3.8, 4) is 0 Å². The zero-order valence-electron chi connectivity index (χ0n) is 7.53. The predicted molar refractivity (Wildman–Crippen MR) is 47.2 cm³/mol. The molecule has 0 heterocycles. The lowest BCUT2D eigenvalue weighted by molar-refractivity contribution is -0.137. The zero-order valence-corrected chi connectivity index (χ0v) is 7.53. The van der Waals surface area contributed by atoms with E-state index in [-0.39, 0.29) is 12.5 Å². The molecule has 0 aromatic rings. The lowest BCUT2D eigenvalue weighted by Crippen LogP contribution is -2.36. The summed E-state index contributed by atoms with van der Waals surface area (Å²) >= 11 is 0. The molecule has 1 saturated carbocycles. The minimum Gasteiger partial charge on any atom is -0.481 e. The summed E-state index contributed by atoms with van der Waals surface area (Å²) in [6, 6.07) is -0.169. The summed E-state index contributed by atoms with van der Waals surface area (Å²) in [6.45, 7) is 0. The van der Waals surface area contributed by atoms with Crippen LogP contribution < -0.4 is 5.32 Å². The van der Waals surface area contributed by atoms with Crippen molar-refractivity contribution in [3.05, 3.63) is 0 Å². The van der Waals surface area contributed by atoms with E-state index in [2.05, 4.69) is 5.32 Å². The van der Waals surface area contributed by atoms with Crippen LogP contribution in [0, 0.1) is 5.92 Å². The van der Waals surface area contributed by atoms with Gasteiger partial charge in [-0.3, -0.25) is 9.59 Å². The van der Waals surface area contributed by atoms with Crippen LogP contribution in [0.2, 0.25) is 0 Å². The standard InChI is InChI=1S/C9H15NO3/c11-6-10-8(5-9(12)13)7-3-1-2-4-7/h6-8H,1-5H2,(H,10,11)(H,12,13). The Kier molecular flexibility index (Phi) is 3.73. The van der Waals surface area contributed by atoms with Gasteiger partial charge < -0.3 is 10.4 Å². The normalized spacial score (nSPS) is 19.7. The summed E-state index contributed by atoms with van der Waals surface area (Å²) in [4.78, 5) is 20.7. The molecule has 1 fully saturated rings. The molecule has 0 aromatic heterocycles. The minimum absolute atomic E-state index is 0.0450. The van der Waals surface area contributed by atoms with E-state index in [1.807, 2.05) is 0 Å². The van der Waals surface area contributed by atoms with Crippen LogP contribution in [0.25, 0.3) is 0 Å². The highest BCUT2D eigenvalue weighted by Gasteiger charge is 2.26. The van der Waals surface area contributed by atoms with Gasteiger partial charge in [-0.05, 0) is 18.8 Å². The monoisotopic (exact) mass is 185 g/mol. The Morgan fingerprint density at radius 1 is 1.54 bits per heavy atom. The molecule has 1 aliphatic rings. The summed E-state index contributed by atoms with van der Waals surface area (Å²) in [5.74, 6) is -0.479. The highest BCUT2D eigenvalue weighted by Crippen LogP contribution is 2.28. The van der Waals surface area contributed by atoms with Crippen molar-refractivity contribution in [1.82, 2.24) is 5.32 Å². The van der Waals surface area contributed by atoms with Crippen LogP contribution in [0.15, 0.2) is 0 Å². The average Bonchev–Trinajstić information content (AvgIpc) is 2.54. The molecule has 0 radical (unpaired) electrons. The molecule has 13 heavy (non-hydrogen) atoms. The third-order valence-electron chi connectivity index (χ3n) is 2.65. The molecule has 0 aromatic carbocycles. The first-order valence-corrected chi connectivity index (χ1v) is 4.65. The van der Waals surface area contributed by atoms with Gasteiger partial charge in [0.25, 0.3) is 0 Å². The Balaban J connectivity index is 2.44. The number of carbonyl (C=O) groups is 2. The summed E-state index contributed by atoms with van der Waals surface area (Å²) in [6.07, 6.45) is 5.04. The van der Waals surface area contributed by atoms with Crippen molar-refractivity contribution in [2.45, 2.75) is 38.1 Å². The summed E-state index contributed by atoms with van der Waals surface area (Å²) < 4.78 is 0. The number of nitrogens with one attached hydrogen (secondary N) is 1. The number of carboxylic acid groups (broad SMARTS) is 1. The SMILES string of the molecule is O=CNC(CC(=O)O)C1CCCC1. The largest absolute Gasteiger partial charge is 0.481 e. The molecular formula is C9H15NO3. The van der Waals surface area contributed by atoms with Crippen molar-refractivity contribution >= 4 is 12.4 Å². The molecular weight excluding hydrogens is 170 g/mol. The van der Waals surface area contributed by atoms with Gasteiger partial charge in [-0.1, -0.05) is 12.8 Å². The third kappa shape index (κ3) is 3.05. The molecule has 0 bridgehead atoms.